The van der Waals surface area contributed by atoms with Crippen LogP contribution in [-0.4, -0.2) is 99.7 Å². The lowest BCUT2D eigenvalue weighted by Gasteiger charge is -2.36. The SMILES string of the molecule is COc1ccc(NC(=O)N(C)C[C@H]2OCCCC[C@H](C)Oc3ccc(N(C)C)cc3C(=O)N([C@H](C)CO)C[C@@H]2C)cc1. The second kappa shape index (κ2) is 15.7. The number of anilines is 2. The molecule has 3 amide bonds. The Morgan fingerprint density at radius 2 is 1.86 bits per heavy atom. The van der Waals surface area contributed by atoms with Crippen molar-refractivity contribution >= 4 is 23.3 Å². The van der Waals surface area contributed by atoms with Gasteiger partial charge in [-0.1, -0.05) is 6.92 Å². The van der Waals surface area contributed by atoms with Gasteiger partial charge < -0.3 is 39.3 Å². The predicted molar refractivity (Wildman–Crippen MR) is 166 cm³/mol. The van der Waals surface area contributed by atoms with Crippen molar-refractivity contribution in [2.45, 2.75) is 58.3 Å². The summed E-state index contributed by atoms with van der Waals surface area (Å²) in [7, 11) is 7.19. The minimum absolute atomic E-state index is 0.0871. The molecule has 0 bridgehead atoms. The van der Waals surface area contributed by atoms with Gasteiger partial charge in [-0.3, -0.25) is 4.79 Å². The number of methoxy groups -OCH3 is 1. The van der Waals surface area contributed by atoms with Gasteiger partial charge in [0.05, 0.1) is 37.5 Å². The number of fused-ring (bicyclic) bond motifs is 1. The molecule has 4 atom stereocenters. The Bertz CT molecular complexity index is 1160. The average molecular weight is 585 g/mol. The van der Waals surface area contributed by atoms with E-state index < -0.39 is 6.04 Å². The van der Waals surface area contributed by atoms with Crippen LogP contribution < -0.4 is 19.7 Å². The van der Waals surface area contributed by atoms with E-state index in [1.807, 2.05) is 58.0 Å². The summed E-state index contributed by atoms with van der Waals surface area (Å²) in [5.41, 5.74) is 2.01. The number of nitrogens with one attached hydrogen (secondary N) is 1. The van der Waals surface area contributed by atoms with Crippen LogP contribution in [0.3, 0.4) is 0 Å². The monoisotopic (exact) mass is 584 g/mol. The molecular weight excluding hydrogens is 536 g/mol. The molecule has 0 unspecified atom stereocenters. The van der Waals surface area contributed by atoms with Crippen molar-refractivity contribution in [2.24, 2.45) is 5.92 Å². The zero-order valence-corrected chi connectivity index (χ0v) is 26.1. The molecule has 1 aliphatic rings. The summed E-state index contributed by atoms with van der Waals surface area (Å²) in [5, 5.41) is 13.0. The molecule has 10 nitrogen and oxygen atoms in total. The standard InChI is InChI=1S/C32H48N4O6/c1-22-19-36(23(2)21-37)31(38)28-18-26(34(4)5)13-16-29(28)42-24(3)10-8-9-17-41-30(22)20-35(6)32(39)33-25-11-14-27(40-7)15-12-25/h11-16,18,22-24,30,37H,8-10,17,19-21H2,1-7H3,(H,33,39)/t22-,23+,24-,30+/m0/s1. The van der Waals surface area contributed by atoms with Gasteiger partial charge in [0, 0.05) is 58.1 Å². The molecule has 0 radical (unpaired) electrons. The topological polar surface area (TPSA) is 104 Å². The third-order valence-electron chi connectivity index (χ3n) is 7.69. The van der Waals surface area contributed by atoms with E-state index in [1.54, 1.807) is 48.2 Å². The van der Waals surface area contributed by atoms with E-state index in [4.69, 9.17) is 14.2 Å². The minimum atomic E-state index is -0.433. The van der Waals surface area contributed by atoms with Crippen LogP contribution in [0.2, 0.25) is 0 Å². The fraction of sp³-hybridized carbons (Fsp3) is 0.562. The number of hydrogen-bond donors (Lipinski definition) is 2. The number of hydrogen-bond acceptors (Lipinski definition) is 7. The van der Waals surface area contributed by atoms with Gasteiger partial charge in [-0.15, -0.1) is 0 Å². The first-order valence-electron chi connectivity index (χ1n) is 14.7. The Labute approximate surface area is 250 Å². The van der Waals surface area contributed by atoms with E-state index in [0.29, 0.717) is 42.4 Å². The van der Waals surface area contributed by atoms with Gasteiger partial charge in [0.15, 0.2) is 0 Å². The molecule has 2 aromatic carbocycles. The molecule has 0 aliphatic carbocycles. The van der Waals surface area contributed by atoms with Crippen LogP contribution in [0.4, 0.5) is 16.2 Å². The van der Waals surface area contributed by atoms with Crippen LogP contribution in [0.1, 0.15) is 50.4 Å². The molecular formula is C32H48N4O6. The molecule has 232 valence electrons. The Balaban J connectivity index is 1.86. The van der Waals surface area contributed by atoms with Gasteiger partial charge in [0.25, 0.3) is 5.91 Å². The van der Waals surface area contributed by atoms with Crippen LogP contribution in [0.5, 0.6) is 11.5 Å². The molecule has 0 fully saturated rings. The maximum absolute atomic E-state index is 14.1. The first-order valence-corrected chi connectivity index (χ1v) is 14.7. The van der Waals surface area contributed by atoms with Crippen molar-refractivity contribution in [3.05, 3.63) is 48.0 Å². The van der Waals surface area contributed by atoms with Crippen molar-refractivity contribution in [1.29, 1.82) is 0 Å². The number of likely N-dealkylation sites (N-methyl/N-ethyl adjacent to an activating group) is 1. The second-order valence-corrected chi connectivity index (χ2v) is 11.4. The summed E-state index contributed by atoms with van der Waals surface area (Å²) in [6, 6.07) is 12.1. The molecule has 3 rings (SSSR count). The molecule has 0 saturated carbocycles. The lowest BCUT2D eigenvalue weighted by atomic mass is 10.0. The lowest BCUT2D eigenvalue weighted by molar-refractivity contribution is -0.0115. The maximum Gasteiger partial charge on any atom is 0.321 e. The number of urea groups is 1. The summed E-state index contributed by atoms with van der Waals surface area (Å²) in [4.78, 5) is 32.4. The van der Waals surface area contributed by atoms with E-state index in [2.05, 4.69) is 5.32 Å². The van der Waals surface area contributed by atoms with Gasteiger partial charge in [0.1, 0.15) is 11.5 Å². The number of benzene rings is 2. The fourth-order valence-electron chi connectivity index (χ4n) is 4.90. The molecule has 0 aromatic heterocycles. The second-order valence-electron chi connectivity index (χ2n) is 11.4. The maximum atomic E-state index is 14.1. The number of aliphatic hydroxyl groups excluding tert-OH is 1. The van der Waals surface area contributed by atoms with Crippen molar-refractivity contribution in [3.8, 4) is 11.5 Å². The van der Waals surface area contributed by atoms with Gasteiger partial charge in [-0.05, 0) is 75.6 Å². The van der Waals surface area contributed by atoms with Crippen LogP contribution >= 0.6 is 0 Å². The fourth-order valence-corrected chi connectivity index (χ4v) is 4.90. The molecule has 42 heavy (non-hydrogen) atoms. The molecule has 2 N–H and O–H groups in total. The van der Waals surface area contributed by atoms with Crippen molar-refractivity contribution in [3.63, 3.8) is 0 Å². The number of carbonyl (C=O) groups is 2. The summed E-state index contributed by atoms with van der Waals surface area (Å²) in [6.45, 7) is 6.87. The Morgan fingerprint density at radius 1 is 1.14 bits per heavy atom. The van der Waals surface area contributed by atoms with E-state index in [0.717, 1.165) is 24.9 Å². The summed E-state index contributed by atoms with van der Waals surface area (Å²) >= 11 is 0. The Morgan fingerprint density at radius 3 is 2.50 bits per heavy atom. The summed E-state index contributed by atoms with van der Waals surface area (Å²) in [5.74, 6) is 0.903. The number of nitrogens with zero attached hydrogens (tertiary/aromatic N) is 3. The quantitative estimate of drug-likeness (QED) is 0.485. The van der Waals surface area contributed by atoms with Gasteiger partial charge in [-0.2, -0.15) is 0 Å². The van der Waals surface area contributed by atoms with Crippen LogP contribution in [-0.2, 0) is 4.74 Å². The molecule has 1 heterocycles. The van der Waals surface area contributed by atoms with Crippen molar-refractivity contribution in [2.75, 3.05) is 64.8 Å². The third kappa shape index (κ3) is 9.00. The molecule has 0 saturated heterocycles. The number of carbonyl (C=O) groups excluding carboxylic acids is 2. The zero-order chi connectivity index (χ0) is 30.8. The van der Waals surface area contributed by atoms with Crippen molar-refractivity contribution in [1.82, 2.24) is 9.80 Å². The Kier molecular flexibility index (Phi) is 12.3. The smallest absolute Gasteiger partial charge is 0.321 e. The highest BCUT2D eigenvalue weighted by atomic mass is 16.5. The first-order chi connectivity index (χ1) is 20.0. The number of ether oxygens (including phenoxy) is 3. The number of rotatable bonds is 7. The summed E-state index contributed by atoms with van der Waals surface area (Å²) < 4.78 is 17.8. The largest absolute Gasteiger partial charge is 0.497 e. The molecule has 2 aromatic rings. The van der Waals surface area contributed by atoms with Gasteiger partial charge in [0.2, 0.25) is 0 Å². The van der Waals surface area contributed by atoms with Crippen LogP contribution in [0.15, 0.2) is 42.5 Å². The highest BCUT2D eigenvalue weighted by molar-refractivity contribution is 5.98. The Hall–Kier alpha value is -3.50. The minimum Gasteiger partial charge on any atom is -0.497 e. The summed E-state index contributed by atoms with van der Waals surface area (Å²) in [6.07, 6.45) is 2.15. The predicted octanol–water partition coefficient (Wildman–Crippen LogP) is 4.72. The number of amides is 3. The van der Waals surface area contributed by atoms with Gasteiger partial charge >= 0.3 is 6.03 Å². The molecule has 0 spiro atoms. The van der Waals surface area contributed by atoms with Crippen LogP contribution in [0.25, 0.3) is 0 Å². The van der Waals surface area contributed by atoms with Gasteiger partial charge in [-0.25, -0.2) is 4.79 Å². The first kappa shape index (κ1) is 33.0. The highest BCUT2D eigenvalue weighted by Gasteiger charge is 2.31. The van der Waals surface area contributed by atoms with E-state index in [1.165, 1.54) is 0 Å². The van der Waals surface area contributed by atoms with Crippen LogP contribution in [0, 0.1) is 5.92 Å². The highest BCUT2D eigenvalue weighted by Crippen LogP contribution is 2.29. The van der Waals surface area contributed by atoms with E-state index in [-0.39, 0.29) is 36.7 Å². The average Bonchev–Trinajstić information content (AvgIpc) is 2.98. The van der Waals surface area contributed by atoms with E-state index in [9.17, 15) is 14.7 Å². The van der Waals surface area contributed by atoms with Crippen molar-refractivity contribution < 1.29 is 28.9 Å². The van der Waals surface area contributed by atoms with E-state index >= 15 is 0 Å². The lowest BCUT2D eigenvalue weighted by Crippen LogP contribution is -2.48. The zero-order valence-electron chi connectivity index (χ0n) is 26.1. The normalized spacial score (nSPS) is 20.9. The number of aliphatic hydroxyl groups is 1. The third-order valence-corrected chi connectivity index (χ3v) is 7.69. The molecule has 10 heteroatoms. The molecule has 1 aliphatic heterocycles.